The first-order valence-corrected chi connectivity index (χ1v) is 24.2. The van der Waals surface area contributed by atoms with Gasteiger partial charge in [-0.15, -0.1) is 0 Å². The van der Waals surface area contributed by atoms with Crippen molar-refractivity contribution in [2.45, 2.75) is 55.8 Å². The molecule has 2 aromatic carbocycles. The Labute approximate surface area is 353 Å². The van der Waals surface area contributed by atoms with Crippen molar-refractivity contribution in [3.63, 3.8) is 0 Å². The fourth-order valence-corrected chi connectivity index (χ4v) is 11.1. The second-order valence-corrected chi connectivity index (χ2v) is 21.1. The molecule has 2 aliphatic heterocycles. The first kappa shape index (κ1) is 43.8. The number of nitrogens with zero attached hydrogens (tertiary/aromatic N) is 4. The number of ketones is 1. The summed E-state index contributed by atoms with van der Waals surface area (Å²) in [6.45, 7) is 4.12. The first-order valence-electron chi connectivity index (χ1n) is 20.4. The molecule has 1 unspecified atom stereocenters. The summed E-state index contributed by atoms with van der Waals surface area (Å²) in [5, 5.41) is 32.7. The smallest absolute Gasteiger partial charge is 0.229 e. The number of likely N-dealkylation sites (tertiary alicyclic amines) is 2. The van der Waals surface area contributed by atoms with E-state index < -0.39 is 37.4 Å². The highest BCUT2D eigenvalue weighted by Gasteiger charge is 2.49. The third-order valence-corrected chi connectivity index (χ3v) is 13.4. The number of carbonyl (C=O) groups is 1. The maximum Gasteiger partial charge on any atom is 0.229 e. The van der Waals surface area contributed by atoms with E-state index in [1.54, 1.807) is 24.3 Å². The molecule has 0 spiro atoms. The van der Waals surface area contributed by atoms with Gasteiger partial charge in [0.05, 0.1) is 59.7 Å². The second kappa shape index (κ2) is 18.0. The summed E-state index contributed by atoms with van der Waals surface area (Å²) in [6.07, 6.45) is 8.68. The average Bonchev–Trinajstić information content (AvgIpc) is 3.88. The van der Waals surface area contributed by atoms with E-state index in [1.807, 2.05) is 36.4 Å². The Hall–Kier alpha value is -4.29. The molecule has 0 amide bonds. The van der Waals surface area contributed by atoms with Gasteiger partial charge in [-0.1, -0.05) is 60.7 Å². The number of anilines is 2. The fraction of sp³-hybridized carbons (Fsp3) is 0.477. The van der Waals surface area contributed by atoms with Gasteiger partial charge in [-0.2, -0.15) is 0 Å². The molecule has 5 N–H and O–H groups in total. The van der Waals surface area contributed by atoms with Crippen LogP contribution >= 0.6 is 0 Å². The quantitative estimate of drug-likeness (QED) is 0.115. The molecule has 2 saturated carbocycles. The van der Waals surface area contributed by atoms with Crippen LogP contribution < -0.4 is 9.44 Å². The number of benzene rings is 2. The summed E-state index contributed by atoms with van der Waals surface area (Å²) < 4.78 is 49.8. The van der Waals surface area contributed by atoms with Crippen LogP contribution in [0, 0.1) is 23.7 Å². The zero-order valence-corrected chi connectivity index (χ0v) is 35.7. The molecule has 7 atom stereocenters. The monoisotopic (exact) mass is 860 g/mol. The van der Waals surface area contributed by atoms with Crippen molar-refractivity contribution in [2.75, 3.05) is 61.2 Å². The summed E-state index contributed by atoms with van der Waals surface area (Å²) in [5.74, 6) is 1.61. The molecule has 4 aliphatic rings. The van der Waals surface area contributed by atoms with Crippen molar-refractivity contribution in [1.29, 1.82) is 0 Å². The van der Waals surface area contributed by atoms with E-state index in [0.29, 0.717) is 65.8 Å². The third kappa shape index (κ3) is 12.0. The number of sulfonamides is 2. The summed E-state index contributed by atoms with van der Waals surface area (Å²) >= 11 is 0. The average molecular weight is 861 g/mol. The summed E-state index contributed by atoms with van der Waals surface area (Å²) in [5.41, 5.74) is 2.60. The molecule has 0 radical (unpaired) electrons. The van der Waals surface area contributed by atoms with Crippen LogP contribution in [0.5, 0.6) is 0 Å². The molecule has 4 fully saturated rings. The number of rotatable bonds is 14. The van der Waals surface area contributed by atoms with Crippen LogP contribution in [0.2, 0.25) is 0 Å². The Bertz CT molecular complexity index is 2270. The van der Waals surface area contributed by atoms with E-state index in [-0.39, 0.29) is 12.3 Å². The number of pyridine rings is 2. The Morgan fingerprint density at radius 2 is 1.10 bits per heavy atom. The van der Waals surface area contributed by atoms with Gasteiger partial charge in [-0.3, -0.25) is 34.0 Å². The largest absolute Gasteiger partial charge is 0.390 e. The van der Waals surface area contributed by atoms with Gasteiger partial charge in [0.25, 0.3) is 0 Å². The lowest BCUT2D eigenvalue weighted by Crippen LogP contribution is -2.34. The molecule has 4 heterocycles. The van der Waals surface area contributed by atoms with Crippen LogP contribution in [0.3, 0.4) is 0 Å². The standard InChI is InChI=1S/C22H29N3O4S.C22H27N3O4S/c2*1-30(28,29)24-19-7-8-20(23-12-19)21(26)15-25-13-17-10-22(27,11-18(17)14-25)9-16-5-3-2-4-6-16/h2-8,12,17-18,21,24,26-27H,9-11,13-15H2,1H3;2-8,12,17-18,24,27H,9-11,13-15H2,1H3/t17-,18+,21?,22+;17-,18+,22+. The molecule has 2 saturated heterocycles. The Morgan fingerprint density at radius 3 is 1.50 bits per heavy atom. The summed E-state index contributed by atoms with van der Waals surface area (Å²) in [4.78, 5) is 25.3. The number of carbonyl (C=O) groups excluding carboxylic acids is 1. The lowest BCUT2D eigenvalue weighted by molar-refractivity contribution is 0.0325. The third-order valence-electron chi connectivity index (χ3n) is 12.2. The van der Waals surface area contributed by atoms with Gasteiger partial charge in [0.2, 0.25) is 20.0 Å². The zero-order chi connectivity index (χ0) is 42.7. The number of aromatic nitrogens is 2. The Kier molecular flexibility index (Phi) is 13.1. The topological polar surface area (TPSA) is 202 Å². The molecular formula is C44H56N6O8S2. The number of β-amino-alcohol motifs (C(OH)–C–C–N with tert-alkyl or cyclic N) is 1. The highest BCUT2D eigenvalue weighted by atomic mass is 32.2. The summed E-state index contributed by atoms with van der Waals surface area (Å²) in [6, 6.07) is 26.6. The SMILES string of the molecule is CS(=O)(=O)Nc1ccc(C(=O)CN2C[C@@H]3C[C@](O)(Cc4ccccc4)C[C@@H]3C2)nc1.CS(=O)(=O)Nc1ccc(C(O)CN2C[C@@H]3C[C@](O)(Cc4ccccc4)C[C@@H]3C2)nc1. The second-order valence-electron chi connectivity index (χ2n) is 17.6. The van der Waals surface area contributed by atoms with Crippen molar-refractivity contribution in [2.24, 2.45) is 23.7 Å². The Balaban J connectivity index is 0.000000181. The number of aliphatic hydroxyl groups is 3. The summed E-state index contributed by atoms with van der Waals surface area (Å²) in [7, 11) is -6.72. The van der Waals surface area contributed by atoms with E-state index in [4.69, 9.17) is 0 Å². The fourth-order valence-electron chi connectivity index (χ4n) is 9.97. The lowest BCUT2D eigenvalue weighted by atomic mass is 9.91. The molecular weight excluding hydrogens is 805 g/mol. The van der Waals surface area contributed by atoms with Crippen LogP contribution in [-0.2, 0) is 32.9 Å². The van der Waals surface area contributed by atoms with Crippen LogP contribution in [-0.4, -0.2) is 121 Å². The predicted octanol–water partition coefficient (Wildman–Crippen LogP) is 3.75. The Morgan fingerprint density at radius 1 is 0.667 bits per heavy atom. The molecule has 8 rings (SSSR count). The van der Waals surface area contributed by atoms with Gasteiger partial charge in [0, 0.05) is 45.6 Å². The molecule has 0 bridgehead atoms. The van der Waals surface area contributed by atoms with E-state index in [1.165, 1.54) is 18.0 Å². The number of Topliss-reactive ketones (excluding diaryl/α,β-unsaturated/α-hetero) is 1. The van der Waals surface area contributed by atoms with Crippen LogP contribution in [0.4, 0.5) is 11.4 Å². The number of hydrogen-bond donors (Lipinski definition) is 5. The van der Waals surface area contributed by atoms with E-state index in [0.717, 1.165) is 69.9 Å². The highest BCUT2D eigenvalue weighted by Crippen LogP contribution is 2.46. The molecule has 60 heavy (non-hydrogen) atoms. The molecule has 2 aliphatic carbocycles. The van der Waals surface area contributed by atoms with E-state index in [9.17, 15) is 36.9 Å². The number of aliphatic hydroxyl groups excluding tert-OH is 1. The molecule has 322 valence electrons. The van der Waals surface area contributed by atoms with Crippen LogP contribution in [0.25, 0.3) is 0 Å². The molecule has 2 aromatic heterocycles. The number of fused-ring (bicyclic) bond motifs is 2. The van der Waals surface area contributed by atoms with Gasteiger partial charge in [-0.05, 0) is 84.7 Å². The van der Waals surface area contributed by atoms with Crippen molar-refractivity contribution < 1.29 is 36.9 Å². The minimum Gasteiger partial charge on any atom is -0.390 e. The molecule has 14 nitrogen and oxygen atoms in total. The zero-order valence-electron chi connectivity index (χ0n) is 34.1. The minimum absolute atomic E-state index is 0.0829. The van der Waals surface area contributed by atoms with E-state index in [2.05, 4.69) is 53.5 Å². The van der Waals surface area contributed by atoms with Crippen molar-refractivity contribution in [1.82, 2.24) is 19.8 Å². The minimum atomic E-state index is -3.37. The molecule has 16 heteroatoms. The first-order chi connectivity index (χ1) is 28.4. The van der Waals surface area contributed by atoms with Crippen LogP contribution in [0.15, 0.2) is 97.3 Å². The van der Waals surface area contributed by atoms with Gasteiger partial charge in [0.1, 0.15) is 11.8 Å². The lowest BCUT2D eigenvalue weighted by Gasteiger charge is -2.27. The van der Waals surface area contributed by atoms with E-state index >= 15 is 0 Å². The normalized spacial score (nSPS) is 27.1. The maximum absolute atomic E-state index is 12.6. The van der Waals surface area contributed by atoms with Crippen molar-refractivity contribution in [3.05, 3.63) is 120 Å². The molecule has 4 aromatic rings. The van der Waals surface area contributed by atoms with Crippen molar-refractivity contribution >= 4 is 37.2 Å². The van der Waals surface area contributed by atoms with Gasteiger partial charge in [0.15, 0.2) is 5.78 Å². The number of hydrogen-bond acceptors (Lipinski definition) is 12. The maximum atomic E-state index is 12.6. The van der Waals surface area contributed by atoms with Crippen molar-refractivity contribution in [3.8, 4) is 0 Å². The van der Waals surface area contributed by atoms with Gasteiger partial charge < -0.3 is 15.3 Å². The van der Waals surface area contributed by atoms with Gasteiger partial charge in [-0.25, -0.2) is 16.8 Å². The predicted molar refractivity (Wildman–Crippen MR) is 230 cm³/mol. The highest BCUT2D eigenvalue weighted by molar-refractivity contribution is 7.92. The van der Waals surface area contributed by atoms with Crippen LogP contribution in [0.1, 0.15) is 59.1 Å². The number of nitrogens with one attached hydrogen (secondary N) is 2. The van der Waals surface area contributed by atoms with Gasteiger partial charge >= 0.3 is 0 Å².